The van der Waals surface area contributed by atoms with E-state index >= 15 is 0 Å². The molecule has 3 N–H and O–H groups in total. The fraction of sp³-hybridized carbons (Fsp3) is 0.595. The number of ether oxygens (including phenoxy) is 1. The molecule has 1 aromatic rings. The molecule has 4 fully saturated rings. The van der Waals surface area contributed by atoms with Gasteiger partial charge in [0.2, 0.25) is 27.7 Å². The minimum absolute atomic E-state index is 0.0275. The maximum absolute atomic E-state index is 14.5. The molecule has 6 aliphatic rings. The summed E-state index contributed by atoms with van der Waals surface area (Å²) in [6.07, 6.45) is 11.1. The number of sulfonamides is 1. The maximum atomic E-state index is 14.5. The lowest BCUT2D eigenvalue weighted by molar-refractivity contribution is -0.143. The Morgan fingerprint density at radius 1 is 1.04 bits per heavy atom. The molecule has 274 valence electrons. The first-order chi connectivity index (χ1) is 24.5. The molecule has 1 saturated heterocycles. The Labute approximate surface area is 298 Å². The highest BCUT2D eigenvalue weighted by molar-refractivity contribution is 7.91. The molecule has 0 aromatic heterocycles. The lowest BCUT2D eigenvalue weighted by atomic mass is 9.96. The van der Waals surface area contributed by atoms with E-state index in [0.717, 1.165) is 55.2 Å². The number of amides is 5. The van der Waals surface area contributed by atoms with Crippen LogP contribution in [0.5, 0.6) is 0 Å². The van der Waals surface area contributed by atoms with Crippen molar-refractivity contribution in [3.8, 4) is 0 Å². The van der Waals surface area contributed by atoms with E-state index in [1.165, 1.54) is 11.0 Å². The fourth-order valence-corrected chi connectivity index (χ4v) is 9.56. The molecule has 14 heteroatoms. The summed E-state index contributed by atoms with van der Waals surface area (Å²) < 4.78 is 33.5. The molecule has 0 radical (unpaired) electrons. The Kier molecular flexibility index (Phi) is 9.72. The number of rotatable bonds is 7. The number of nitrogens with zero attached hydrogens (tertiary/aromatic N) is 2. The Bertz CT molecular complexity index is 1750. The normalized spacial score (nSPS) is 30.8. The van der Waals surface area contributed by atoms with Gasteiger partial charge in [0, 0.05) is 25.3 Å². The predicted octanol–water partition coefficient (Wildman–Crippen LogP) is 3.04. The van der Waals surface area contributed by atoms with Crippen molar-refractivity contribution in [2.45, 2.75) is 119 Å². The van der Waals surface area contributed by atoms with Crippen LogP contribution in [0.2, 0.25) is 0 Å². The van der Waals surface area contributed by atoms with Gasteiger partial charge >= 0.3 is 6.09 Å². The van der Waals surface area contributed by atoms with Crippen LogP contribution in [0.3, 0.4) is 0 Å². The summed E-state index contributed by atoms with van der Waals surface area (Å²) >= 11 is 0. The van der Waals surface area contributed by atoms with Gasteiger partial charge < -0.3 is 20.3 Å². The van der Waals surface area contributed by atoms with Gasteiger partial charge in [0.15, 0.2) is 0 Å². The molecular formula is C37H47N5O8S. The second kappa shape index (κ2) is 14.1. The highest BCUT2D eigenvalue weighted by atomic mass is 32.2. The van der Waals surface area contributed by atoms with Gasteiger partial charge in [-0.05, 0) is 74.0 Å². The predicted molar refractivity (Wildman–Crippen MR) is 187 cm³/mol. The first-order valence-corrected chi connectivity index (χ1v) is 19.9. The summed E-state index contributed by atoms with van der Waals surface area (Å²) in [5, 5.41) is 5.15. The van der Waals surface area contributed by atoms with Gasteiger partial charge in [-0.2, -0.15) is 0 Å². The van der Waals surface area contributed by atoms with Crippen LogP contribution in [0.15, 0.2) is 36.9 Å². The molecule has 3 aliphatic carbocycles. The quantitative estimate of drug-likeness (QED) is 0.361. The first-order valence-electron chi connectivity index (χ1n) is 18.3. The molecule has 4 bridgehead atoms. The number of carbonyl (C=O) groups is 5. The van der Waals surface area contributed by atoms with Crippen LogP contribution < -0.4 is 15.4 Å². The van der Waals surface area contributed by atoms with Crippen LogP contribution in [-0.4, -0.2) is 83.5 Å². The Morgan fingerprint density at radius 3 is 2.55 bits per heavy atom. The van der Waals surface area contributed by atoms with E-state index in [9.17, 15) is 32.4 Å². The minimum Gasteiger partial charge on any atom is -0.444 e. The third-order valence-corrected chi connectivity index (χ3v) is 13.2. The molecule has 3 heterocycles. The van der Waals surface area contributed by atoms with E-state index < -0.39 is 68.7 Å². The number of fused-ring (bicyclic) bond motifs is 3. The van der Waals surface area contributed by atoms with Gasteiger partial charge in [-0.1, -0.05) is 49.3 Å². The molecule has 5 atom stereocenters. The second-order valence-electron chi connectivity index (χ2n) is 15.0. The largest absolute Gasteiger partial charge is 0.444 e. The monoisotopic (exact) mass is 721 g/mol. The topological polar surface area (TPSA) is 171 Å². The lowest BCUT2D eigenvalue weighted by Crippen LogP contribution is -2.59. The summed E-state index contributed by atoms with van der Waals surface area (Å²) in [5.74, 6) is -2.78. The van der Waals surface area contributed by atoms with Crippen molar-refractivity contribution in [1.29, 1.82) is 0 Å². The Balaban J connectivity index is 1.16. The van der Waals surface area contributed by atoms with Crippen molar-refractivity contribution < 1.29 is 37.1 Å². The van der Waals surface area contributed by atoms with E-state index in [0.29, 0.717) is 32.4 Å². The molecule has 0 spiro atoms. The molecule has 3 saturated carbocycles. The fourth-order valence-electron chi connectivity index (χ4n) is 8.20. The summed E-state index contributed by atoms with van der Waals surface area (Å²) in [6.45, 7) is 4.43. The summed E-state index contributed by atoms with van der Waals surface area (Å²) in [5.41, 5.74) is 1.54. The number of allylic oxidation sites excluding steroid dienone is 1. The number of benzene rings is 1. The minimum atomic E-state index is -3.89. The van der Waals surface area contributed by atoms with Crippen LogP contribution in [0.25, 0.3) is 6.08 Å². The van der Waals surface area contributed by atoms with Gasteiger partial charge in [-0.3, -0.25) is 28.8 Å². The molecule has 3 aliphatic heterocycles. The van der Waals surface area contributed by atoms with Gasteiger partial charge in [-0.25, -0.2) is 13.2 Å². The SMILES string of the molecule is C=C[C@H]1C[C@]1(NC(=O)[C@@H]1C[C@@H]2CN1C(=O)[C@H](C1CCCC1)NC(=O)CCCC/C=C/c1cccc3c1CN(C3)C(=O)O2)C(=O)NS(=O)(=O)C1CC1. The zero-order valence-electron chi connectivity index (χ0n) is 28.8. The van der Waals surface area contributed by atoms with Crippen molar-refractivity contribution in [2.24, 2.45) is 11.8 Å². The standard InChI is InChI=1S/C37H47N5O8S/c1-2-26-19-37(26,35(46)40-51(48,49)28-16-17-28)39-33(44)30-18-27-21-42(30)34(45)32(24-11-7-8-12-24)38-31(43)15-6-4-3-5-10-23-13-9-14-25-20-41(22-29(23)25)36(47)50-27/h2,5,9-10,13-14,24,26-28,30,32H,1,3-4,6-8,11-12,15-22H2,(H,38,43)(H,39,44)(H,40,46)/b10-5+/t26-,27+,30-,32-,37+/m0/s1. The van der Waals surface area contributed by atoms with Crippen LogP contribution in [0, 0.1) is 11.8 Å². The average molecular weight is 722 g/mol. The summed E-state index contributed by atoms with van der Waals surface area (Å²) in [7, 11) is -3.89. The average Bonchev–Trinajstić information content (AvgIpc) is 3.88. The third-order valence-electron chi connectivity index (χ3n) is 11.4. The molecule has 1 aromatic carbocycles. The number of hydrogen-bond donors (Lipinski definition) is 3. The maximum Gasteiger partial charge on any atom is 0.410 e. The smallest absolute Gasteiger partial charge is 0.410 e. The summed E-state index contributed by atoms with van der Waals surface area (Å²) in [4.78, 5) is 72.0. The zero-order valence-corrected chi connectivity index (χ0v) is 29.6. The van der Waals surface area contributed by atoms with Gasteiger partial charge in [-0.15, -0.1) is 6.58 Å². The molecule has 0 unspecified atom stereocenters. The highest BCUT2D eigenvalue weighted by Gasteiger charge is 2.62. The molecule has 51 heavy (non-hydrogen) atoms. The number of carbonyl (C=O) groups excluding carboxylic acids is 5. The molecule has 13 nitrogen and oxygen atoms in total. The van der Waals surface area contributed by atoms with Crippen LogP contribution >= 0.6 is 0 Å². The Morgan fingerprint density at radius 2 is 1.82 bits per heavy atom. The van der Waals surface area contributed by atoms with E-state index in [2.05, 4.69) is 34.1 Å². The van der Waals surface area contributed by atoms with Gasteiger partial charge in [0.05, 0.1) is 18.3 Å². The van der Waals surface area contributed by atoms with Crippen LogP contribution in [0.4, 0.5) is 4.79 Å². The lowest BCUT2D eigenvalue weighted by Gasteiger charge is -2.32. The molecular weight excluding hydrogens is 675 g/mol. The highest BCUT2D eigenvalue weighted by Crippen LogP contribution is 2.45. The number of hydrogen-bond acceptors (Lipinski definition) is 8. The van der Waals surface area contributed by atoms with E-state index in [4.69, 9.17) is 4.74 Å². The van der Waals surface area contributed by atoms with Gasteiger partial charge in [0.1, 0.15) is 23.7 Å². The van der Waals surface area contributed by atoms with E-state index in [-0.39, 0.29) is 37.6 Å². The van der Waals surface area contributed by atoms with Crippen molar-refractivity contribution >= 4 is 45.8 Å². The summed E-state index contributed by atoms with van der Waals surface area (Å²) in [6, 6.07) is 3.96. The number of nitrogens with one attached hydrogen (secondary N) is 3. The van der Waals surface area contributed by atoms with E-state index in [1.54, 1.807) is 4.90 Å². The van der Waals surface area contributed by atoms with Crippen molar-refractivity contribution in [3.63, 3.8) is 0 Å². The van der Waals surface area contributed by atoms with Crippen LogP contribution in [-0.2, 0) is 47.0 Å². The van der Waals surface area contributed by atoms with Crippen molar-refractivity contribution in [2.75, 3.05) is 6.54 Å². The van der Waals surface area contributed by atoms with Crippen LogP contribution in [0.1, 0.15) is 93.7 Å². The third kappa shape index (κ3) is 7.29. The van der Waals surface area contributed by atoms with Crippen molar-refractivity contribution in [1.82, 2.24) is 25.2 Å². The Hall–Kier alpha value is -4.20. The first kappa shape index (κ1) is 35.2. The molecule has 7 rings (SSSR count). The zero-order chi connectivity index (χ0) is 35.9. The van der Waals surface area contributed by atoms with Gasteiger partial charge in [0.25, 0.3) is 5.91 Å². The second-order valence-corrected chi connectivity index (χ2v) is 17.0. The molecule has 5 amide bonds. The van der Waals surface area contributed by atoms with E-state index in [1.807, 2.05) is 18.2 Å². The van der Waals surface area contributed by atoms with Crippen molar-refractivity contribution in [3.05, 3.63) is 53.6 Å².